The Kier molecular flexibility index (Phi) is 7.05. The topological polar surface area (TPSA) is 0 Å². The number of hydrogen-bond acceptors (Lipinski definition) is 0. The maximum atomic E-state index is 12.1. The van der Waals surface area contributed by atoms with Gasteiger partial charge in [-0.3, -0.25) is 0 Å². The second-order valence-electron chi connectivity index (χ2n) is 2.27. The fourth-order valence-corrected chi connectivity index (χ4v) is 0.358. The highest BCUT2D eigenvalue weighted by Gasteiger charge is 2.27. The van der Waals surface area contributed by atoms with Crippen molar-refractivity contribution in [3.8, 4) is 0 Å². The summed E-state index contributed by atoms with van der Waals surface area (Å²) in [5, 5.41) is 0. The molecule has 0 aliphatic carbocycles. The Hall–Kier alpha value is -0.140. The van der Waals surface area contributed by atoms with Gasteiger partial charge in [0.2, 0.25) is 5.92 Å². The van der Waals surface area contributed by atoms with Crippen molar-refractivity contribution in [1.82, 2.24) is 0 Å². The Morgan fingerprint density at radius 1 is 1.30 bits per heavy atom. The Morgan fingerprint density at radius 3 is 1.60 bits per heavy atom. The van der Waals surface area contributed by atoms with Crippen LogP contribution < -0.4 is 0 Å². The first-order valence-corrected chi connectivity index (χ1v) is 3.86. The third-order valence-electron chi connectivity index (χ3n) is 1.48. The Bertz CT molecular complexity index is 64.1. The monoisotopic (exact) mass is 152 g/mol. The predicted molar refractivity (Wildman–Crippen MR) is 41.4 cm³/mol. The standard InChI is InChI=1S/C6H12F2.C2H6/c1-4-5(2)6(3,7)8;1-2/h5H,4H2,1-3H3;1-2H3. The summed E-state index contributed by atoms with van der Waals surface area (Å²) in [5.41, 5.74) is 0. The van der Waals surface area contributed by atoms with Gasteiger partial charge in [0.05, 0.1) is 0 Å². The molecule has 1 unspecified atom stereocenters. The van der Waals surface area contributed by atoms with E-state index in [9.17, 15) is 8.78 Å². The number of rotatable bonds is 2. The molecule has 0 N–H and O–H groups in total. The van der Waals surface area contributed by atoms with Crippen LogP contribution in [0.25, 0.3) is 0 Å². The van der Waals surface area contributed by atoms with E-state index < -0.39 is 11.8 Å². The van der Waals surface area contributed by atoms with Gasteiger partial charge < -0.3 is 0 Å². The fourth-order valence-electron chi connectivity index (χ4n) is 0.358. The van der Waals surface area contributed by atoms with E-state index in [1.807, 2.05) is 13.8 Å². The van der Waals surface area contributed by atoms with Crippen LogP contribution in [0.3, 0.4) is 0 Å². The summed E-state index contributed by atoms with van der Waals surface area (Å²) in [6.45, 7) is 8.28. The molecule has 0 heterocycles. The number of hydrogen-bond donors (Lipinski definition) is 0. The van der Waals surface area contributed by atoms with Crippen molar-refractivity contribution in [3.63, 3.8) is 0 Å². The molecule has 0 aromatic heterocycles. The summed E-state index contributed by atoms with van der Waals surface area (Å²) in [6.07, 6.45) is 0.545. The third-order valence-corrected chi connectivity index (χ3v) is 1.48. The minimum absolute atomic E-state index is 0.484. The van der Waals surface area contributed by atoms with E-state index in [1.165, 1.54) is 0 Å². The lowest BCUT2D eigenvalue weighted by Gasteiger charge is -2.16. The summed E-state index contributed by atoms with van der Waals surface area (Å²) >= 11 is 0. The van der Waals surface area contributed by atoms with Gasteiger partial charge in [-0.05, 0) is 13.3 Å². The third kappa shape index (κ3) is 5.99. The largest absolute Gasteiger partial charge is 0.247 e. The van der Waals surface area contributed by atoms with Crippen LogP contribution in [0.1, 0.15) is 41.0 Å². The van der Waals surface area contributed by atoms with Crippen LogP contribution in [-0.2, 0) is 0 Å². The van der Waals surface area contributed by atoms with Crippen molar-refractivity contribution in [2.45, 2.75) is 47.0 Å². The van der Waals surface area contributed by atoms with E-state index >= 15 is 0 Å². The molecular formula is C8H18F2. The summed E-state index contributed by atoms with van der Waals surface area (Å²) < 4.78 is 24.2. The van der Waals surface area contributed by atoms with E-state index in [0.717, 1.165) is 6.92 Å². The van der Waals surface area contributed by atoms with Crippen LogP contribution in [0.5, 0.6) is 0 Å². The highest BCUT2D eigenvalue weighted by atomic mass is 19.3. The first-order chi connectivity index (χ1) is 4.48. The molecule has 0 rings (SSSR count). The van der Waals surface area contributed by atoms with E-state index in [4.69, 9.17) is 0 Å². The van der Waals surface area contributed by atoms with Gasteiger partial charge >= 0.3 is 0 Å². The molecule has 0 saturated carbocycles. The second kappa shape index (κ2) is 5.63. The Morgan fingerprint density at radius 2 is 1.60 bits per heavy atom. The van der Waals surface area contributed by atoms with Crippen molar-refractivity contribution in [2.24, 2.45) is 5.92 Å². The first kappa shape index (κ1) is 12.5. The highest BCUT2D eigenvalue weighted by Crippen LogP contribution is 2.25. The minimum Gasteiger partial charge on any atom is -0.207 e. The van der Waals surface area contributed by atoms with Gasteiger partial charge in [0, 0.05) is 5.92 Å². The number of halogens is 2. The zero-order valence-electron chi connectivity index (χ0n) is 7.54. The zero-order chi connectivity index (χ0) is 8.78. The van der Waals surface area contributed by atoms with Crippen molar-refractivity contribution < 1.29 is 8.78 Å². The van der Waals surface area contributed by atoms with E-state index in [0.29, 0.717) is 6.42 Å². The molecule has 1 atom stereocenters. The van der Waals surface area contributed by atoms with Crippen LogP contribution in [-0.4, -0.2) is 5.92 Å². The molecule has 0 aromatic carbocycles. The molecule has 2 heteroatoms. The van der Waals surface area contributed by atoms with Crippen molar-refractivity contribution in [3.05, 3.63) is 0 Å². The van der Waals surface area contributed by atoms with Crippen molar-refractivity contribution >= 4 is 0 Å². The molecule has 0 aliphatic heterocycles. The van der Waals surface area contributed by atoms with Crippen LogP contribution in [0, 0.1) is 5.92 Å². The number of alkyl halides is 2. The molecule has 0 spiro atoms. The molecule has 10 heavy (non-hydrogen) atoms. The molecule has 0 amide bonds. The van der Waals surface area contributed by atoms with Gasteiger partial charge in [-0.2, -0.15) is 0 Å². The zero-order valence-corrected chi connectivity index (χ0v) is 7.54. The SMILES string of the molecule is CC.CCC(C)C(C)(F)F. The molecule has 0 aliphatic rings. The van der Waals surface area contributed by atoms with Crippen molar-refractivity contribution in [2.75, 3.05) is 0 Å². The highest BCUT2D eigenvalue weighted by molar-refractivity contribution is 4.64. The van der Waals surface area contributed by atoms with E-state index in [-0.39, 0.29) is 0 Å². The summed E-state index contributed by atoms with van der Waals surface area (Å²) in [5.74, 6) is -2.98. The molecule has 0 saturated heterocycles. The van der Waals surface area contributed by atoms with Gasteiger partial charge in [0.1, 0.15) is 0 Å². The molecule has 0 bridgehead atoms. The predicted octanol–water partition coefficient (Wildman–Crippen LogP) is 3.71. The van der Waals surface area contributed by atoms with Crippen LogP contribution in [0.15, 0.2) is 0 Å². The fraction of sp³-hybridized carbons (Fsp3) is 1.00. The van der Waals surface area contributed by atoms with Crippen molar-refractivity contribution in [1.29, 1.82) is 0 Å². The van der Waals surface area contributed by atoms with E-state index in [2.05, 4.69) is 0 Å². The summed E-state index contributed by atoms with van der Waals surface area (Å²) in [4.78, 5) is 0. The smallest absolute Gasteiger partial charge is 0.207 e. The molecule has 0 aromatic rings. The average Bonchev–Trinajstić information content (AvgIpc) is 1.89. The first-order valence-electron chi connectivity index (χ1n) is 3.86. The summed E-state index contributed by atoms with van der Waals surface area (Å²) in [6, 6.07) is 0. The average molecular weight is 152 g/mol. The second-order valence-corrected chi connectivity index (χ2v) is 2.27. The van der Waals surface area contributed by atoms with Crippen LogP contribution >= 0.6 is 0 Å². The normalized spacial score (nSPS) is 13.5. The van der Waals surface area contributed by atoms with E-state index in [1.54, 1.807) is 13.8 Å². The Labute approximate surface area is 62.6 Å². The lowest BCUT2D eigenvalue weighted by molar-refractivity contribution is -0.0335. The molecule has 0 nitrogen and oxygen atoms in total. The molecule has 0 fully saturated rings. The molecule has 0 radical (unpaired) electrons. The lowest BCUT2D eigenvalue weighted by atomic mass is 10.0. The summed E-state index contributed by atoms with van der Waals surface area (Å²) in [7, 11) is 0. The van der Waals surface area contributed by atoms with Gasteiger partial charge in [0.15, 0.2) is 0 Å². The maximum absolute atomic E-state index is 12.1. The van der Waals surface area contributed by atoms with Gasteiger partial charge in [-0.15, -0.1) is 0 Å². The molecule has 64 valence electrons. The maximum Gasteiger partial charge on any atom is 0.247 e. The van der Waals surface area contributed by atoms with Gasteiger partial charge in [-0.25, -0.2) is 8.78 Å². The van der Waals surface area contributed by atoms with Crippen LogP contribution in [0.2, 0.25) is 0 Å². The van der Waals surface area contributed by atoms with Crippen LogP contribution in [0.4, 0.5) is 8.78 Å². The molecular weight excluding hydrogens is 134 g/mol. The Balaban J connectivity index is 0. The van der Waals surface area contributed by atoms with Gasteiger partial charge in [-0.1, -0.05) is 27.7 Å². The van der Waals surface area contributed by atoms with Gasteiger partial charge in [0.25, 0.3) is 0 Å². The lowest BCUT2D eigenvalue weighted by Crippen LogP contribution is -2.20. The quantitative estimate of drug-likeness (QED) is 0.565. The minimum atomic E-state index is -2.49.